The number of fused-ring (bicyclic) bond motifs is 1. The van der Waals surface area contributed by atoms with Crippen molar-refractivity contribution in [3.8, 4) is 0 Å². The van der Waals surface area contributed by atoms with Gasteiger partial charge in [-0.2, -0.15) is 0 Å². The Labute approximate surface area is 117 Å². The van der Waals surface area contributed by atoms with Gasteiger partial charge in [-0.3, -0.25) is 15.5 Å². The van der Waals surface area contributed by atoms with Crippen LogP contribution >= 0.6 is 0 Å². The first kappa shape index (κ1) is 13.5. The third-order valence-corrected chi connectivity index (χ3v) is 4.61. The van der Waals surface area contributed by atoms with Gasteiger partial charge in [0.1, 0.15) is 0 Å². The predicted molar refractivity (Wildman–Crippen MR) is 76.0 cm³/mol. The molecule has 1 saturated carbocycles. The Kier molecular flexibility index (Phi) is 3.45. The zero-order chi connectivity index (χ0) is 14.3. The monoisotopic (exact) mass is 276 g/mol. The summed E-state index contributed by atoms with van der Waals surface area (Å²) < 4.78 is 0. The molecule has 1 aliphatic heterocycles. The first-order chi connectivity index (χ1) is 9.56. The SMILES string of the molecule is Cc1ccc([N+](=O)[O-])cc1C1NNC2CC(N)CCC21. The van der Waals surface area contributed by atoms with Crippen molar-refractivity contribution < 1.29 is 4.92 Å². The summed E-state index contributed by atoms with van der Waals surface area (Å²) in [4.78, 5) is 10.6. The molecule has 1 saturated heterocycles. The Hall–Kier alpha value is -1.50. The number of hydrazine groups is 1. The minimum atomic E-state index is -0.334. The van der Waals surface area contributed by atoms with E-state index in [4.69, 9.17) is 5.73 Å². The Morgan fingerprint density at radius 2 is 2.15 bits per heavy atom. The summed E-state index contributed by atoms with van der Waals surface area (Å²) in [5.74, 6) is 0.454. The van der Waals surface area contributed by atoms with Gasteiger partial charge in [-0.1, -0.05) is 6.07 Å². The standard InChI is InChI=1S/C14H20N4O2/c1-8-2-4-10(18(19)20)7-12(8)14-11-5-3-9(15)6-13(11)16-17-14/h2,4,7,9,11,13-14,16-17H,3,5-6,15H2,1H3. The second-order valence-corrected chi connectivity index (χ2v) is 5.91. The molecule has 1 aliphatic carbocycles. The summed E-state index contributed by atoms with van der Waals surface area (Å²) in [5.41, 5.74) is 14.9. The number of nitro groups is 1. The van der Waals surface area contributed by atoms with E-state index < -0.39 is 0 Å². The van der Waals surface area contributed by atoms with E-state index in [1.807, 2.05) is 13.0 Å². The molecule has 3 rings (SSSR count). The smallest absolute Gasteiger partial charge is 0.269 e. The lowest BCUT2D eigenvalue weighted by atomic mass is 9.77. The summed E-state index contributed by atoms with van der Waals surface area (Å²) in [7, 11) is 0. The van der Waals surface area contributed by atoms with E-state index in [2.05, 4.69) is 10.9 Å². The molecule has 1 aromatic rings. The summed E-state index contributed by atoms with van der Waals surface area (Å²) in [6, 6.07) is 5.85. The van der Waals surface area contributed by atoms with Gasteiger partial charge in [0.2, 0.25) is 0 Å². The van der Waals surface area contributed by atoms with E-state index in [1.165, 1.54) is 0 Å². The van der Waals surface area contributed by atoms with Crippen LogP contribution in [0.3, 0.4) is 0 Å². The fraction of sp³-hybridized carbons (Fsp3) is 0.571. The van der Waals surface area contributed by atoms with Gasteiger partial charge in [-0.25, -0.2) is 5.43 Å². The van der Waals surface area contributed by atoms with Gasteiger partial charge < -0.3 is 5.73 Å². The quantitative estimate of drug-likeness (QED) is 0.563. The Morgan fingerprint density at radius 1 is 1.35 bits per heavy atom. The van der Waals surface area contributed by atoms with E-state index in [1.54, 1.807) is 12.1 Å². The fourth-order valence-corrected chi connectivity index (χ4v) is 3.48. The molecule has 0 amide bonds. The van der Waals surface area contributed by atoms with Gasteiger partial charge in [0.05, 0.1) is 11.0 Å². The number of rotatable bonds is 2. The molecular formula is C14H20N4O2. The van der Waals surface area contributed by atoms with Crippen molar-refractivity contribution in [1.29, 1.82) is 0 Å². The Bertz CT molecular complexity index is 534. The van der Waals surface area contributed by atoms with Crippen molar-refractivity contribution >= 4 is 5.69 Å². The molecule has 4 atom stereocenters. The lowest BCUT2D eigenvalue weighted by molar-refractivity contribution is -0.385. The Morgan fingerprint density at radius 3 is 2.90 bits per heavy atom. The first-order valence-electron chi connectivity index (χ1n) is 7.08. The highest BCUT2D eigenvalue weighted by atomic mass is 16.6. The minimum absolute atomic E-state index is 0.132. The van der Waals surface area contributed by atoms with E-state index >= 15 is 0 Å². The van der Waals surface area contributed by atoms with Crippen LogP contribution in [0.4, 0.5) is 5.69 Å². The van der Waals surface area contributed by atoms with Crippen LogP contribution in [-0.4, -0.2) is 17.0 Å². The van der Waals surface area contributed by atoms with Crippen LogP contribution < -0.4 is 16.6 Å². The number of nitrogens with zero attached hydrogens (tertiary/aromatic N) is 1. The number of hydrogen-bond donors (Lipinski definition) is 3. The van der Waals surface area contributed by atoms with Crippen molar-refractivity contribution in [2.75, 3.05) is 0 Å². The molecule has 0 aromatic heterocycles. The molecule has 1 heterocycles. The zero-order valence-corrected chi connectivity index (χ0v) is 11.5. The van der Waals surface area contributed by atoms with Crippen LogP contribution in [0.15, 0.2) is 18.2 Å². The number of nitro benzene ring substituents is 1. The lowest BCUT2D eigenvalue weighted by Gasteiger charge is -2.31. The van der Waals surface area contributed by atoms with E-state index in [0.29, 0.717) is 12.0 Å². The fourth-order valence-electron chi connectivity index (χ4n) is 3.48. The Balaban J connectivity index is 1.89. The summed E-state index contributed by atoms with van der Waals surface area (Å²) in [5, 5.41) is 11.0. The van der Waals surface area contributed by atoms with Crippen molar-refractivity contribution in [3.63, 3.8) is 0 Å². The number of benzene rings is 1. The van der Waals surface area contributed by atoms with Gasteiger partial charge in [0, 0.05) is 24.2 Å². The van der Waals surface area contributed by atoms with Crippen LogP contribution in [-0.2, 0) is 0 Å². The van der Waals surface area contributed by atoms with Crippen LogP contribution in [0, 0.1) is 23.0 Å². The van der Waals surface area contributed by atoms with Crippen molar-refractivity contribution in [2.45, 2.75) is 44.3 Å². The zero-order valence-electron chi connectivity index (χ0n) is 11.5. The minimum Gasteiger partial charge on any atom is -0.328 e. The molecular weight excluding hydrogens is 256 g/mol. The highest BCUT2D eigenvalue weighted by molar-refractivity contribution is 5.41. The maximum absolute atomic E-state index is 11.0. The van der Waals surface area contributed by atoms with Gasteiger partial charge in [0.15, 0.2) is 0 Å². The van der Waals surface area contributed by atoms with E-state index in [9.17, 15) is 10.1 Å². The van der Waals surface area contributed by atoms with Crippen molar-refractivity contribution in [3.05, 3.63) is 39.4 Å². The summed E-state index contributed by atoms with van der Waals surface area (Å²) >= 11 is 0. The third-order valence-electron chi connectivity index (χ3n) is 4.61. The number of nitrogens with one attached hydrogen (secondary N) is 2. The summed E-state index contributed by atoms with van der Waals surface area (Å²) in [6.45, 7) is 2.00. The van der Waals surface area contributed by atoms with Crippen molar-refractivity contribution in [1.82, 2.24) is 10.9 Å². The molecule has 2 fully saturated rings. The first-order valence-corrected chi connectivity index (χ1v) is 7.08. The molecule has 4 unspecified atom stereocenters. The molecule has 20 heavy (non-hydrogen) atoms. The molecule has 2 aliphatic rings. The van der Waals surface area contributed by atoms with Gasteiger partial charge in [0.25, 0.3) is 5.69 Å². The molecule has 108 valence electrons. The normalized spacial score (nSPS) is 32.9. The second kappa shape index (κ2) is 5.12. The van der Waals surface area contributed by atoms with Crippen LogP contribution in [0.25, 0.3) is 0 Å². The van der Waals surface area contributed by atoms with E-state index in [0.717, 1.165) is 30.4 Å². The number of nitrogens with two attached hydrogens (primary N) is 1. The van der Waals surface area contributed by atoms with Gasteiger partial charge >= 0.3 is 0 Å². The van der Waals surface area contributed by atoms with Gasteiger partial charge in [-0.15, -0.1) is 0 Å². The largest absolute Gasteiger partial charge is 0.328 e. The number of non-ortho nitro benzene ring substituents is 1. The van der Waals surface area contributed by atoms with E-state index in [-0.39, 0.29) is 22.7 Å². The van der Waals surface area contributed by atoms with Crippen LogP contribution in [0.5, 0.6) is 0 Å². The highest BCUT2D eigenvalue weighted by Gasteiger charge is 2.40. The third kappa shape index (κ3) is 2.30. The van der Waals surface area contributed by atoms with Crippen LogP contribution in [0.1, 0.15) is 36.4 Å². The molecule has 6 heteroatoms. The van der Waals surface area contributed by atoms with Crippen LogP contribution in [0.2, 0.25) is 0 Å². The lowest BCUT2D eigenvalue weighted by Crippen LogP contribution is -2.41. The predicted octanol–water partition coefficient (Wildman–Crippen LogP) is 1.55. The summed E-state index contributed by atoms with van der Waals surface area (Å²) in [6.07, 6.45) is 3.04. The molecule has 6 nitrogen and oxygen atoms in total. The molecule has 0 spiro atoms. The molecule has 0 radical (unpaired) electrons. The number of aryl methyl sites for hydroxylation is 1. The average molecular weight is 276 g/mol. The molecule has 1 aromatic carbocycles. The van der Waals surface area contributed by atoms with Gasteiger partial charge in [-0.05, 0) is 43.2 Å². The maximum atomic E-state index is 11.0. The van der Waals surface area contributed by atoms with Crippen molar-refractivity contribution in [2.24, 2.45) is 11.7 Å². The maximum Gasteiger partial charge on any atom is 0.269 e. The average Bonchev–Trinajstić information content (AvgIpc) is 2.81. The number of hydrogen-bond acceptors (Lipinski definition) is 5. The molecule has 4 N–H and O–H groups in total. The topological polar surface area (TPSA) is 93.2 Å². The second-order valence-electron chi connectivity index (χ2n) is 5.91. The highest BCUT2D eigenvalue weighted by Crippen LogP contribution is 2.39. The molecule has 0 bridgehead atoms.